The first-order valence-corrected chi connectivity index (χ1v) is 7.08. The molecule has 2 aromatic carbocycles. The summed E-state index contributed by atoms with van der Waals surface area (Å²) in [7, 11) is 1.63. The van der Waals surface area contributed by atoms with Crippen molar-refractivity contribution in [3.05, 3.63) is 71.4 Å². The van der Waals surface area contributed by atoms with E-state index in [0.717, 1.165) is 16.9 Å². The lowest BCUT2D eigenvalue weighted by molar-refractivity contribution is 0.244. The summed E-state index contributed by atoms with van der Waals surface area (Å²) in [5, 5.41) is 5.48. The van der Waals surface area contributed by atoms with Gasteiger partial charge < -0.3 is 15.4 Å². The molecule has 0 aromatic heterocycles. The molecule has 114 valence electrons. The van der Waals surface area contributed by atoms with Gasteiger partial charge in [-0.3, -0.25) is 0 Å². The number of benzene rings is 2. The molecule has 4 heteroatoms. The maximum atomic E-state index is 11.7. The lowest BCUT2D eigenvalue weighted by Crippen LogP contribution is -2.31. The van der Waals surface area contributed by atoms with E-state index in [4.69, 9.17) is 4.74 Å². The normalized spacial score (nSPS) is 10.5. The van der Waals surface area contributed by atoms with Crippen molar-refractivity contribution < 1.29 is 9.53 Å². The van der Waals surface area contributed by atoms with Crippen molar-refractivity contribution in [2.45, 2.75) is 13.5 Å². The van der Waals surface area contributed by atoms with Crippen LogP contribution in [0, 0.1) is 6.92 Å². The van der Waals surface area contributed by atoms with Crippen LogP contribution < -0.4 is 15.4 Å². The number of nitrogens with one attached hydrogen (secondary N) is 2. The highest BCUT2D eigenvalue weighted by molar-refractivity contribution is 5.75. The van der Waals surface area contributed by atoms with Crippen molar-refractivity contribution in [1.82, 2.24) is 10.6 Å². The Morgan fingerprint density at radius 1 is 1.09 bits per heavy atom. The third-order valence-electron chi connectivity index (χ3n) is 3.18. The standard InChI is InChI=1S/C18H20N2O2/c1-14-3-5-16(6-4-14)13-20-18(21)19-12-11-15-7-9-17(22-2)10-8-15/h3-12H,13H2,1-2H3,(H2,19,20,21)/b12-11+. The highest BCUT2D eigenvalue weighted by atomic mass is 16.5. The third kappa shape index (κ3) is 4.98. The monoisotopic (exact) mass is 296 g/mol. The highest BCUT2D eigenvalue weighted by Gasteiger charge is 1.97. The fourth-order valence-corrected chi connectivity index (χ4v) is 1.87. The first-order chi connectivity index (χ1) is 10.7. The summed E-state index contributed by atoms with van der Waals surface area (Å²) in [6, 6.07) is 15.4. The van der Waals surface area contributed by atoms with E-state index in [1.807, 2.05) is 61.5 Å². The van der Waals surface area contributed by atoms with Crippen molar-refractivity contribution in [3.63, 3.8) is 0 Å². The lowest BCUT2D eigenvalue weighted by Gasteiger charge is -2.05. The summed E-state index contributed by atoms with van der Waals surface area (Å²) < 4.78 is 5.09. The molecule has 2 rings (SSSR count). The molecule has 22 heavy (non-hydrogen) atoms. The molecule has 0 saturated heterocycles. The maximum absolute atomic E-state index is 11.7. The zero-order valence-electron chi connectivity index (χ0n) is 12.8. The molecule has 0 bridgehead atoms. The van der Waals surface area contributed by atoms with E-state index >= 15 is 0 Å². The summed E-state index contributed by atoms with van der Waals surface area (Å²) in [6.45, 7) is 2.54. The molecule has 0 heterocycles. The van der Waals surface area contributed by atoms with Gasteiger partial charge in [-0.05, 0) is 36.3 Å². The maximum Gasteiger partial charge on any atom is 0.319 e. The molecule has 0 radical (unpaired) electrons. The van der Waals surface area contributed by atoms with E-state index in [2.05, 4.69) is 10.6 Å². The molecule has 0 fully saturated rings. The Morgan fingerprint density at radius 3 is 2.41 bits per heavy atom. The van der Waals surface area contributed by atoms with Crippen LogP contribution in [-0.2, 0) is 6.54 Å². The van der Waals surface area contributed by atoms with Crippen LogP contribution in [-0.4, -0.2) is 13.1 Å². The quantitative estimate of drug-likeness (QED) is 0.887. The van der Waals surface area contributed by atoms with Crippen molar-refractivity contribution >= 4 is 12.1 Å². The molecule has 2 N–H and O–H groups in total. The van der Waals surface area contributed by atoms with Crippen molar-refractivity contribution in [2.24, 2.45) is 0 Å². The first-order valence-electron chi connectivity index (χ1n) is 7.08. The van der Waals surface area contributed by atoms with E-state index in [1.54, 1.807) is 13.3 Å². The number of carbonyl (C=O) groups excluding carboxylic acids is 1. The van der Waals surface area contributed by atoms with Gasteiger partial charge in [0.15, 0.2) is 0 Å². The van der Waals surface area contributed by atoms with Crippen LogP contribution in [0.4, 0.5) is 4.79 Å². The van der Waals surface area contributed by atoms with Gasteiger partial charge in [-0.15, -0.1) is 0 Å². The second-order valence-electron chi connectivity index (χ2n) is 4.92. The Bertz CT molecular complexity index is 631. The van der Waals surface area contributed by atoms with Crippen LogP contribution in [0.5, 0.6) is 5.75 Å². The molecule has 0 aliphatic carbocycles. The van der Waals surface area contributed by atoms with Gasteiger partial charge in [0.05, 0.1) is 7.11 Å². The summed E-state index contributed by atoms with van der Waals surface area (Å²) in [5.41, 5.74) is 3.26. The number of hydrogen-bond donors (Lipinski definition) is 2. The molecular formula is C18H20N2O2. The van der Waals surface area contributed by atoms with Crippen LogP contribution in [0.1, 0.15) is 16.7 Å². The lowest BCUT2D eigenvalue weighted by atomic mass is 10.1. The molecule has 0 unspecified atom stereocenters. The van der Waals surface area contributed by atoms with Gasteiger partial charge in [-0.1, -0.05) is 42.0 Å². The summed E-state index contributed by atoms with van der Waals surface area (Å²) in [4.78, 5) is 11.7. The Morgan fingerprint density at radius 2 is 1.77 bits per heavy atom. The van der Waals surface area contributed by atoms with Gasteiger partial charge >= 0.3 is 6.03 Å². The topological polar surface area (TPSA) is 50.4 Å². The van der Waals surface area contributed by atoms with E-state index in [9.17, 15) is 4.79 Å². The number of hydrogen-bond acceptors (Lipinski definition) is 2. The summed E-state index contributed by atoms with van der Waals surface area (Å²) in [5.74, 6) is 0.806. The average molecular weight is 296 g/mol. The van der Waals surface area contributed by atoms with Gasteiger partial charge in [0.1, 0.15) is 5.75 Å². The fraction of sp³-hybridized carbons (Fsp3) is 0.167. The van der Waals surface area contributed by atoms with Gasteiger partial charge in [-0.2, -0.15) is 0 Å². The minimum absolute atomic E-state index is 0.231. The van der Waals surface area contributed by atoms with E-state index in [-0.39, 0.29) is 6.03 Å². The second kappa shape index (κ2) is 7.88. The Hall–Kier alpha value is -2.75. The largest absolute Gasteiger partial charge is 0.497 e. The fourth-order valence-electron chi connectivity index (χ4n) is 1.87. The molecule has 0 atom stereocenters. The molecule has 2 aromatic rings. The molecule has 4 nitrogen and oxygen atoms in total. The SMILES string of the molecule is COc1ccc(/C=C/NC(=O)NCc2ccc(C)cc2)cc1. The molecule has 0 aliphatic rings. The number of methoxy groups -OCH3 is 1. The van der Waals surface area contributed by atoms with Crippen LogP contribution >= 0.6 is 0 Å². The molecule has 0 aliphatic heterocycles. The van der Waals surface area contributed by atoms with Gasteiger partial charge in [0.2, 0.25) is 0 Å². The van der Waals surface area contributed by atoms with E-state index < -0.39 is 0 Å². The summed E-state index contributed by atoms with van der Waals surface area (Å²) in [6.07, 6.45) is 3.44. The molecule has 0 spiro atoms. The van der Waals surface area contributed by atoms with E-state index in [1.165, 1.54) is 5.56 Å². The smallest absolute Gasteiger partial charge is 0.319 e. The van der Waals surface area contributed by atoms with Crippen LogP contribution in [0.25, 0.3) is 6.08 Å². The number of ether oxygens (including phenoxy) is 1. The van der Waals surface area contributed by atoms with Crippen LogP contribution in [0.3, 0.4) is 0 Å². The minimum Gasteiger partial charge on any atom is -0.497 e. The Balaban J connectivity index is 1.76. The van der Waals surface area contributed by atoms with Gasteiger partial charge in [-0.25, -0.2) is 4.79 Å². The highest BCUT2D eigenvalue weighted by Crippen LogP contribution is 2.11. The molecule has 0 saturated carbocycles. The zero-order chi connectivity index (χ0) is 15.8. The van der Waals surface area contributed by atoms with Crippen LogP contribution in [0.15, 0.2) is 54.7 Å². The second-order valence-corrected chi connectivity index (χ2v) is 4.92. The molecule has 2 amide bonds. The predicted molar refractivity (Wildman–Crippen MR) is 88.6 cm³/mol. The number of carbonyl (C=O) groups is 1. The molecular weight excluding hydrogens is 276 g/mol. The number of rotatable bonds is 5. The Kier molecular flexibility index (Phi) is 5.60. The number of amides is 2. The van der Waals surface area contributed by atoms with Crippen molar-refractivity contribution in [2.75, 3.05) is 7.11 Å². The summed E-state index contributed by atoms with van der Waals surface area (Å²) >= 11 is 0. The average Bonchev–Trinajstić information content (AvgIpc) is 2.55. The minimum atomic E-state index is -0.231. The third-order valence-corrected chi connectivity index (χ3v) is 3.18. The van der Waals surface area contributed by atoms with Gasteiger partial charge in [0, 0.05) is 12.7 Å². The van der Waals surface area contributed by atoms with Crippen LogP contribution in [0.2, 0.25) is 0 Å². The zero-order valence-corrected chi connectivity index (χ0v) is 12.8. The first kappa shape index (κ1) is 15.6. The Labute approximate surface area is 130 Å². The van der Waals surface area contributed by atoms with E-state index in [0.29, 0.717) is 6.54 Å². The number of urea groups is 1. The van der Waals surface area contributed by atoms with Gasteiger partial charge in [0.25, 0.3) is 0 Å². The van der Waals surface area contributed by atoms with Crippen molar-refractivity contribution in [1.29, 1.82) is 0 Å². The van der Waals surface area contributed by atoms with Crippen molar-refractivity contribution in [3.8, 4) is 5.75 Å². The predicted octanol–water partition coefficient (Wildman–Crippen LogP) is 3.47. The number of aryl methyl sites for hydroxylation is 1.